The lowest BCUT2D eigenvalue weighted by Crippen LogP contribution is -2.00. The number of hydrogen-bond acceptors (Lipinski definition) is 5. The summed E-state index contributed by atoms with van der Waals surface area (Å²) < 4.78 is 7.27. The van der Waals surface area contributed by atoms with Gasteiger partial charge in [-0.15, -0.1) is 22.7 Å². The number of aromatic nitrogens is 4. The molecule has 4 nitrogen and oxygen atoms in total. The molecule has 0 bridgehead atoms. The van der Waals surface area contributed by atoms with Crippen LogP contribution in [0.1, 0.15) is 0 Å². The van der Waals surface area contributed by atoms with Crippen LogP contribution in [0, 0.1) is 0 Å². The summed E-state index contributed by atoms with van der Waals surface area (Å²) >= 11 is 3.60. The van der Waals surface area contributed by atoms with E-state index in [1.54, 1.807) is 22.7 Å². The van der Waals surface area contributed by atoms with Crippen molar-refractivity contribution < 1.29 is 0 Å². The molecule has 0 saturated carbocycles. The van der Waals surface area contributed by atoms with Crippen molar-refractivity contribution in [1.29, 1.82) is 0 Å². The van der Waals surface area contributed by atoms with Gasteiger partial charge in [0, 0.05) is 73.5 Å². The largest absolute Gasteiger partial charge is 0.309 e. The van der Waals surface area contributed by atoms with Crippen LogP contribution in [0.25, 0.3) is 102 Å². The van der Waals surface area contributed by atoms with Crippen LogP contribution in [0.3, 0.4) is 0 Å². The van der Waals surface area contributed by atoms with E-state index in [0.717, 1.165) is 22.4 Å². The fourth-order valence-electron chi connectivity index (χ4n) is 7.50. The van der Waals surface area contributed by atoms with E-state index in [1.165, 1.54) is 62.2 Å². The van der Waals surface area contributed by atoms with Crippen molar-refractivity contribution in [3.05, 3.63) is 158 Å². The van der Waals surface area contributed by atoms with Gasteiger partial charge in [-0.25, -0.2) is 15.0 Å². The highest BCUT2D eigenvalue weighted by Gasteiger charge is 2.18. The third kappa shape index (κ3) is 4.47. The minimum atomic E-state index is 0.651. The summed E-state index contributed by atoms with van der Waals surface area (Å²) in [5, 5.41) is 7.50. The number of fused-ring (bicyclic) bond motifs is 9. The summed E-state index contributed by atoms with van der Waals surface area (Å²) in [6.07, 6.45) is 0. The predicted octanol–water partition coefficient (Wildman–Crippen LogP) is 12.7. The molecule has 6 heteroatoms. The van der Waals surface area contributed by atoms with Crippen LogP contribution in [-0.2, 0) is 0 Å². The summed E-state index contributed by atoms with van der Waals surface area (Å²) in [5.41, 5.74) is 6.40. The third-order valence-corrected chi connectivity index (χ3v) is 12.2. The molecule has 11 rings (SSSR count). The maximum Gasteiger partial charge on any atom is 0.165 e. The highest BCUT2D eigenvalue weighted by Crippen LogP contribution is 2.41. The molecule has 0 saturated heterocycles. The molecule has 4 aromatic heterocycles. The zero-order valence-electron chi connectivity index (χ0n) is 27.1. The Morgan fingerprint density at radius 2 is 0.902 bits per heavy atom. The highest BCUT2D eigenvalue weighted by atomic mass is 32.1. The minimum absolute atomic E-state index is 0.651. The molecule has 0 fully saturated rings. The van der Waals surface area contributed by atoms with E-state index < -0.39 is 0 Å². The van der Waals surface area contributed by atoms with Crippen molar-refractivity contribution in [2.24, 2.45) is 0 Å². The number of benzene rings is 7. The van der Waals surface area contributed by atoms with E-state index in [2.05, 4.69) is 162 Å². The van der Waals surface area contributed by atoms with E-state index in [-0.39, 0.29) is 0 Å². The van der Waals surface area contributed by atoms with Gasteiger partial charge in [-0.1, -0.05) is 97.1 Å². The van der Waals surface area contributed by atoms with Gasteiger partial charge in [0.05, 0.1) is 11.0 Å². The second-order valence-corrected chi connectivity index (χ2v) is 14.9. The standard InChI is InChI=1S/C45H26N4S2/c1-5-16-37-30(10-1)31-11-2-6-17-38(31)49(37)29-23-20-27(21-24-29)43-46-44(28-22-25-34-32-12-3-7-18-39(32)50-41(34)26-28)48-45(47-43)36-15-9-14-35-33-13-4-8-19-40(33)51-42(35)36/h1-26H. The van der Waals surface area contributed by atoms with Crippen molar-refractivity contribution in [1.82, 2.24) is 19.5 Å². The summed E-state index contributed by atoms with van der Waals surface area (Å²) in [5.74, 6) is 1.99. The summed E-state index contributed by atoms with van der Waals surface area (Å²) in [7, 11) is 0. The first-order chi connectivity index (χ1) is 25.3. The number of thiophene rings is 2. The fourth-order valence-corrected chi connectivity index (χ4v) is 9.86. The van der Waals surface area contributed by atoms with Crippen LogP contribution >= 0.6 is 22.7 Å². The van der Waals surface area contributed by atoms with E-state index in [9.17, 15) is 0 Å². The fraction of sp³-hybridized carbons (Fsp3) is 0. The molecule has 238 valence electrons. The van der Waals surface area contributed by atoms with Crippen LogP contribution in [0.2, 0.25) is 0 Å². The summed E-state index contributed by atoms with van der Waals surface area (Å²) in [4.78, 5) is 15.5. The molecule has 4 heterocycles. The molecule has 0 atom stereocenters. The molecular formula is C45H26N4S2. The van der Waals surface area contributed by atoms with Crippen LogP contribution in [0.4, 0.5) is 0 Å². The number of para-hydroxylation sites is 2. The molecule has 0 unspecified atom stereocenters. The van der Waals surface area contributed by atoms with Gasteiger partial charge in [-0.3, -0.25) is 0 Å². The Morgan fingerprint density at radius 3 is 1.63 bits per heavy atom. The molecule has 0 aliphatic carbocycles. The monoisotopic (exact) mass is 686 g/mol. The number of hydrogen-bond donors (Lipinski definition) is 0. The topological polar surface area (TPSA) is 43.6 Å². The maximum atomic E-state index is 5.19. The lowest BCUT2D eigenvalue weighted by molar-refractivity contribution is 1.08. The number of rotatable bonds is 4. The predicted molar refractivity (Wildman–Crippen MR) is 216 cm³/mol. The summed E-state index contributed by atoms with van der Waals surface area (Å²) in [6.45, 7) is 0. The molecule has 0 N–H and O–H groups in total. The van der Waals surface area contributed by atoms with E-state index >= 15 is 0 Å². The first-order valence-electron chi connectivity index (χ1n) is 16.9. The van der Waals surface area contributed by atoms with Crippen LogP contribution in [0.15, 0.2) is 158 Å². The zero-order chi connectivity index (χ0) is 33.5. The van der Waals surface area contributed by atoms with Gasteiger partial charge in [0.1, 0.15) is 0 Å². The Kier molecular flexibility index (Phi) is 6.26. The van der Waals surface area contributed by atoms with Gasteiger partial charge in [-0.2, -0.15) is 0 Å². The number of nitrogens with zero attached hydrogens (tertiary/aromatic N) is 4. The zero-order valence-corrected chi connectivity index (χ0v) is 28.7. The van der Waals surface area contributed by atoms with Crippen molar-refractivity contribution in [3.8, 4) is 39.9 Å². The smallest absolute Gasteiger partial charge is 0.165 e. The highest BCUT2D eigenvalue weighted by molar-refractivity contribution is 7.26. The first-order valence-corrected chi connectivity index (χ1v) is 18.6. The molecule has 51 heavy (non-hydrogen) atoms. The molecule has 7 aromatic carbocycles. The Bertz CT molecular complexity index is 3100. The average Bonchev–Trinajstić information content (AvgIpc) is 3.87. The van der Waals surface area contributed by atoms with Gasteiger partial charge in [0.15, 0.2) is 17.5 Å². The SMILES string of the molecule is c1ccc2c(c1)sc1cc(-c3nc(-c4ccc(-n5c6ccccc6c6ccccc65)cc4)nc(-c4cccc5c4sc4ccccc45)n3)ccc12. The lowest BCUT2D eigenvalue weighted by Gasteiger charge is -2.11. The first kappa shape index (κ1) is 28.6. The van der Waals surface area contributed by atoms with Crippen molar-refractivity contribution >= 4 is 84.8 Å². The molecule has 0 radical (unpaired) electrons. The van der Waals surface area contributed by atoms with Crippen molar-refractivity contribution in [3.63, 3.8) is 0 Å². The Labute approximate surface area is 300 Å². The Hall–Kier alpha value is -6.21. The van der Waals surface area contributed by atoms with Gasteiger partial charge in [-0.05, 0) is 60.7 Å². The van der Waals surface area contributed by atoms with Crippen LogP contribution in [0.5, 0.6) is 0 Å². The van der Waals surface area contributed by atoms with Crippen LogP contribution in [-0.4, -0.2) is 19.5 Å². The van der Waals surface area contributed by atoms with Gasteiger partial charge < -0.3 is 4.57 Å². The minimum Gasteiger partial charge on any atom is -0.309 e. The molecule has 11 aromatic rings. The molecule has 0 spiro atoms. The van der Waals surface area contributed by atoms with E-state index in [1.807, 2.05) is 0 Å². The Balaban J connectivity index is 1.10. The molecular weight excluding hydrogens is 661 g/mol. The lowest BCUT2D eigenvalue weighted by atomic mass is 10.1. The molecule has 0 amide bonds. The molecule has 0 aliphatic heterocycles. The van der Waals surface area contributed by atoms with Gasteiger partial charge in [0.25, 0.3) is 0 Å². The maximum absolute atomic E-state index is 5.19. The van der Waals surface area contributed by atoms with E-state index in [4.69, 9.17) is 15.0 Å². The van der Waals surface area contributed by atoms with Crippen molar-refractivity contribution in [2.45, 2.75) is 0 Å². The van der Waals surface area contributed by atoms with Gasteiger partial charge >= 0.3 is 0 Å². The third-order valence-electron chi connectivity index (χ3n) is 9.88. The van der Waals surface area contributed by atoms with E-state index in [0.29, 0.717) is 17.5 Å². The average molecular weight is 687 g/mol. The van der Waals surface area contributed by atoms with Crippen LogP contribution < -0.4 is 0 Å². The summed E-state index contributed by atoms with van der Waals surface area (Å²) in [6, 6.07) is 56.0. The molecule has 0 aliphatic rings. The quantitative estimate of drug-likeness (QED) is 0.185. The second-order valence-electron chi connectivity index (χ2n) is 12.8. The Morgan fingerprint density at radius 1 is 0.373 bits per heavy atom. The van der Waals surface area contributed by atoms with Crippen molar-refractivity contribution in [2.75, 3.05) is 0 Å². The van der Waals surface area contributed by atoms with Gasteiger partial charge in [0.2, 0.25) is 0 Å². The second kappa shape index (κ2) is 11.2. The normalized spacial score (nSPS) is 11.9.